The van der Waals surface area contributed by atoms with Gasteiger partial charge >= 0.3 is 0 Å². The largest absolute Gasteiger partial charge is 0.334 e. The van der Waals surface area contributed by atoms with Crippen LogP contribution in [0.1, 0.15) is 39.2 Å². The first-order valence-electron chi connectivity index (χ1n) is 4.75. The normalized spacial score (nSPS) is 12.1. The highest BCUT2D eigenvalue weighted by Gasteiger charge is 2.18. The minimum Gasteiger partial charge on any atom is -0.334 e. The van der Waals surface area contributed by atoms with Gasteiger partial charge in [0.05, 0.1) is 12.2 Å². The number of aryl methyl sites for hydroxylation is 1. The summed E-state index contributed by atoms with van der Waals surface area (Å²) in [7, 11) is 0. The maximum Gasteiger partial charge on any atom is 0.122 e. The molecule has 0 radical (unpaired) electrons. The standard InChI is InChI=1S/C10H19N3/c1-5-13-7-8(10(2,3)4)12-9(13)6-11/h7H,5-6,11H2,1-4H3. The lowest BCUT2D eigenvalue weighted by atomic mass is 9.93. The summed E-state index contributed by atoms with van der Waals surface area (Å²) in [4.78, 5) is 4.51. The first-order chi connectivity index (χ1) is 5.99. The molecular formula is C10H19N3. The molecule has 1 heterocycles. The predicted molar refractivity (Wildman–Crippen MR) is 54.5 cm³/mol. The van der Waals surface area contributed by atoms with E-state index in [0.29, 0.717) is 6.54 Å². The first-order valence-corrected chi connectivity index (χ1v) is 4.75. The number of nitrogens with two attached hydrogens (primary N) is 1. The third-order valence-corrected chi connectivity index (χ3v) is 2.15. The van der Waals surface area contributed by atoms with Crippen molar-refractivity contribution in [2.75, 3.05) is 0 Å². The van der Waals surface area contributed by atoms with Crippen molar-refractivity contribution < 1.29 is 0 Å². The van der Waals surface area contributed by atoms with E-state index in [-0.39, 0.29) is 5.41 Å². The van der Waals surface area contributed by atoms with Crippen molar-refractivity contribution in [3.05, 3.63) is 17.7 Å². The van der Waals surface area contributed by atoms with Crippen LogP contribution in [0.2, 0.25) is 0 Å². The van der Waals surface area contributed by atoms with Gasteiger partial charge < -0.3 is 10.3 Å². The lowest BCUT2D eigenvalue weighted by Gasteiger charge is -2.13. The number of imidazole rings is 1. The zero-order valence-electron chi connectivity index (χ0n) is 8.96. The van der Waals surface area contributed by atoms with E-state index in [1.807, 2.05) is 0 Å². The molecule has 0 aliphatic rings. The molecule has 1 aromatic rings. The van der Waals surface area contributed by atoms with Crippen LogP contribution in [0.25, 0.3) is 0 Å². The Kier molecular flexibility index (Phi) is 2.76. The Labute approximate surface area is 80.0 Å². The van der Waals surface area contributed by atoms with Gasteiger partial charge in [-0.3, -0.25) is 0 Å². The van der Waals surface area contributed by atoms with E-state index in [4.69, 9.17) is 5.73 Å². The monoisotopic (exact) mass is 181 g/mol. The molecule has 1 aromatic heterocycles. The maximum atomic E-state index is 5.60. The molecule has 13 heavy (non-hydrogen) atoms. The molecule has 0 saturated carbocycles. The Bertz CT molecular complexity index is 259. The van der Waals surface area contributed by atoms with Gasteiger partial charge in [-0.2, -0.15) is 0 Å². The molecule has 0 aromatic carbocycles. The molecule has 74 valence electrons. The van der Waals surface area contributed by atoms with Crippen LogP contribution >= 0.6 is 0 Å². The molecule has 0 aliphatic heterocycles. The summed E-state index contributed by atoms with van der Waals surface area (Å²) in [5.41, 5.74) is 6.84. The molecule has 2 N–H and O–H groups in total. The molecule has 0 bridgehead atoms. The molecule has 3 nitrogen and oxygen atoms in total. The maximum absolute atomic E-state index is 5.60. The molecule has 3 heteroatoms. The Morgan fingerprint density at radius 2 is 2.08 bits per heavy atom. The second-order valence-corrected chi connectivity index (χ2v) is 4.28. The zero-order valence-corrected chi connectivity index (χ0v) is 8.96. The van der Waals surface area contributed by atoms with Gasteiger partial charge in [0, 0.05) is 18.2 Å². The molecule has 0 aliphatic carbocycles. The molecule has 0 unspecified atom stereocenters. The second kappa shape index (κ2) is 3.50. The van der Waals surface area contributed by atoms with Gasteiger partial charge in [-0.05, 0) is 6.92 Å². The fourth-order valence-corrected chi connectivity index (χ4v) is 1.25. The van der Waals surface area contributed by atoms with Crippen LogP contribution in [0.3, 0.4) is 0 Å². The Hall–Kier alpha value is -0.830. The summed E-state index contributed by atoms with van der Waals surface area (Å²) in [6.07, 6.45) is 2.10. The highest BCUT2D eigenvalue weighted by atomic mass is 15.1. The topological polar surface area (TPSA) is 43.8 Å². The minimum absolute atomic E-state index is 0.115. The predicted octanol–water partition coefficient (Wildman–Crippen LogP) is 1.66. The summed E-state index contributed by atoms with van der Waals surface area (Å²) >= 11 is 0. The smallest absolute Gasteiger partial charge is 0.122 e. The van der Waals surface area contributed by atoms with E-state index < -0.39 is 0 Å². The lowest BCUT2D eigenvalue weighted by Crippen LogP contribution is -2.11. The van der Waals surface area contributed by atoms with Crippen molar-refractivity contribution in [1.29, 1.82) is 0 Å². The quantitative estimate of drug-likeness (QED) is 0.754. The Morgan fingerprint density at radius 3 is 2.38 bits per heavy atom. The number of hydrogen-bond donors (Lipinski definition) is 1. The van der Waals surface area contributed by atoms with Crippen molar-refractivity contribution >= 4 is 0 Å². The van der Waals surface area contributed by atoms with Crippen LogP contribution in [0, 0.1) is 0 Å². The molecular weight excluding hydrogens is 162 g/mol. The van der Waals surface area contributed by atoms with Gasteiger partial charge in [0.2, 0.25) is 0 Å². The van der Waals surface area contributed by atoms with Gasteiger partial charge in [-0.15, -0.1) is 0 Å². The third kappa shape index (κ3) is 2.10. The summed E-state index contributed by atoms with van der Waals surface area (Å²) in [6.45, 7) is 10.0. The summed E-state index contributed by atoms with van der Waals surface area (Å²) in [5.74, 6) is 0.979. The average Bonchev–Trinajstić information content (AvgIpc) is 2.45. The van der Waals surface area contributed by atoms with E-state index in [0.717, 1.165) is 18.1 Å². The van der Waals surface area contributed by atoms with Crippen LogP contribution in [0.15, 0.2) is 6.20 Å². The fourth-order valence-electron chi connectivity index (χ4n) is 1.25. The van der Waals surface area contributed by atoms with Crippen molar-refractivity contribution in [3.8, 4) is 0 Å². The number of aromatic nitrogens is 2. The van der Waals surface area contributed by atoms with Gasteiger partial charge in [0.1, 0.15) is 5.82 Å². The zero-order chi connectivity index (χ0) is 10.1. The highest BCUT2D eigenvalue weighted by molar-refractivity contribution is 5.13. The van der Waals surface area contributed by atoms with Crippen molar-refractivity contribution in [2.45, 2.75) is 46.2 Å². The summed E-state index contributed by atoms with van der Waals surface area (Å²) in [5, 5.41) is 0. The molecule has 0 saturated heterocycles. The number of rotatable bonds is 2. The van der Waals surface area contributed by atoms with Crippen LogP contribution in [0.5, 0.6) is 0 Å². The van der Waals surface area contributed by atoms with Crippen molar-refractivity contribution in [3.63, 3.8) is 0 Å². The Balaban J connectivity index is 3.07. The van der Waals surface area contributed by atoms with E-state index >= 15 is 0 Å². The summed E-state index contributed by atoms with van der Waals surface area (Å²) in [6, 6.07) is 0. The van der Waals surface area contributed by atoms with Crippen molar-refractivity contribution in [1.82, 2.24) is 9.55 Å². The lowest BCUT2D eigenvalue weighted by molar-refractivity contribution is 0.570. The van der Waals surface area contributed by atoms with Crippen LogP contribution in [-0.2, 0) is 18.5 Å². The van der Waals surface area contributed by atoms with Crippen LogP contribution in [0.4, 0.5) is 0 Å². The van der Waals surface area contributed by atoms with Crippen LogP contribution < -0.4 is 5.73 Å². The van der Waals surface area contributed by atoms with Gasteiger partial charge in [-0.1, -0.05) is 20.8 Å². The van der Waals surface area contributed by atoms with E-state index in [1.165, 1.54) is 0 Å². The highest BCUT2D eigenvalue weighted by Crippen LogP contribution is 2.21. The molecule has 0 fully saturated rings. The van der Waals surface area contributed by atoms with Crippen molar-refractivity contribution in [2.24, 2.45) is 5.73 Å². The molecule has 1 rings (SSSR count). The van der Waals surface area contributed by atoms with E-state index in [1.54, 1.807) is 0 Å². The molecule has 0 atom stereocenters. The molecule has 0 amide bonds. The average molecular weight is 181 g/mol. The van der Waals surface area contributed by atoms with Gasteiger partial charge in [-0.25, -0.2) is 4.98 Å². The third-order valence-electron chi connectivity index (χ3n) is 2.15. The number of hydrogen-bond acceptors (Lipinski definition) is 2. The SMILES string of the molecule is CCn1cc(C(C)(C)C)nc1CN. The van der Waals surface area contributed by atoms with Crippen LogP contribution in [-0.4, -0.2) is 9.55 Å². The van der Waals surface area contributed by atoms with Gasteiger partial charge in [0.15, 0.2) is 0 Å². The second-order valence-electron chi connectivity index (χ2n) is 4.28. The van der Waals surface area contributed by atoms with E-state index in [2.05, 4.69) is 43.4 Å². The van der Waals surface area contributed by atoms with E-state index in [9.17, 15) is 0 Å². The number of nitrogens with zero attached hydrogens (tertiary/aromatic N) is 2. The first kappa shape index (κ1) is 10.3. The molecule has 0 spiro atoms. The fraction of sp³-hybridized carbons (Fsp3) is 0.700. The van der Waals surface area contributed by atoms with Gasteiger partial charge in [0.25, 0.3) is 0 Å². The Morgan fingerprint density at radius 1 is 1.46 bits per heavy atom. The minimum atomic E-state index is 0.115. The summed E-state index contributed by atoms with van der Waals surface area (Å²) < 4.78 is 2.11.